The Morgan fingerprint density at radius 3 is 3.06 bits per heavy atom. The molecule has 1 unspecified atom stereocenters. The smallest absolute Gasteiger partial charge is 0.211 e. The minimum atomic E-state index is -0.987. The van der Waals surface area contributed by atoms with Crippen LogP contribution in [-0.2, 0) is 0 Å². The molecule has 16 heavy (non-hydrogen) atoms. The Labute approximate surface area is 96.7 Å². The van der Waals surface area contributed by atoms with Crippen LogP contribution in [-0.4, -0.2) is 22.9 Å². The Morgan fingerprint density at radius 2 is 2.38 bits per heavy atom. The second kappa shape index (κ2) is 4.27. The number of aliphatic hydroxyl groups excluding tert-OH is 1. The number of halogens is 1. The summed E-state index contributed by atoms with van der Waals surface area (Å²) in [7, 11) is 0. The minimum Gasteiger partial charge on any atom is -0.465 e. The molecule has 2 atom stereocenters. The number of nitrogens with zero attached hydrogens (tertiary/aromatic N) is 1. The molecule has 0 amide bonds. The van der Waals surface area contributed by atoms with Crippen molar-refractivity contribution >= 4 is 11.6 Å². The molecule has 0 saturated carbocycles. The Bertz CT molecular complexity index is 423. The standard InChI is InChI=1S/C10H10ClNO4/c11-7-1-2-9-8(4-7)6(5-12(14)15)3-10(13)16-9/h1-2,4,6,10,13H,3,5H2/t6-,10?/m1/s1. The molecule has 1 aromatic carbocycles. The van der Waals surface area contributed by atoms with E-state index in [1.807, 2.05) is 0 Å². The molecule has 0 bridgehead atoms. The topological polar surface area (TPSA) is 72.6 Å². The number of ether oxygens (including phenoxy) is 1. The summed E-state index contributed by atoms with van der Waals surface area (Å²) in [5.74, 6) is 0.113. The van der Waals surface area contributed by atoms with Crippen molar-refractivity contribution in [3.63, 3.8) is 0 Å². The lowest BCUT2D eigenvalue weighted by Crippen LogP contribution is -2.28. The molecule has 0 spiro atoms. The highest BCUT2D eigenvalue weighted by Gasteiger charge is 2.30. The van der Waals surface area contributed by atoms with E-state index in [2.05, 4.69) is 0 Å². The molecule has 1 N–H and O–H groups in total. The van der Waals surface area contributed by atoms with E-state index >= 15 is 0 Å². The van der Waals surface area contributed by atoms with E-state index in [-0.39, 0.29) is 18.9 Å². The second-order valence-corrected chi connectivity index (χ2v) is 4.14. The summed E-state index contributed by atoms with van der Waals surface area (Å²) in [4.78, 5) is 10.1. The van der Waals surface area contributed by atoms with Gasteiger partial charge in [0.05, 0.1) is 5.92 Å². The molecule has 1 aromatic rings. The molecule has 0 aliphatic carbocycles. The van der Waals surface area contributed by atoms with Crippen molar-refractivity contribution in [1.29, 1.82) is 0 Å². The fraction of sp³-hybridized carbons (Fsp3) is 0.400. The van der Waals surface area contributed by atoms with Crippen molar-refractivity contribution in [2.75, 3.05) is 6.54 Å². The summed E-state index contributed by atoms with van der Waals surface area (Å²) in [5, 5.41) is 20.5. The third-order valence-corrected chi connectivity index (χ3v) is 2.77. The van der Waals surface area contributed by atoms with Gasteiger partial charge in [-0.2, -0.15) is 0 Å². The zero-order chi connectivity index (χ0) is 11.7. The maximum atomic E-state index is 10.5. The minimum absolute atomic E-state index is 0.217. The zero-order valence-corrected chi connectivity index (χ0v) is 9.05. The van der Waals surface area contributed by atoms with Gasteiger partial charge in [0.25, 0.3) is 0 Å². The second-order valence-electron chi connectivity index (χ2n) is 3.70. The Kier molecular flexibility index (Phi) is 2.98. The van der Waals surface area contributed by atoms with E-state index in [9.17, 15) is 15.2 Å². The van der Waals surface area contributed by atoms with Gasteiger partial charge in [-0.1, -0.05) is 11.6 Å². The maximum absolute atomic E-state index is 10.5. The van der Waals surface area contributed by atoms with Crippen LogP contribution in [0.1, 0.15) is 17.9 Å². The van der Waals surface area contributed by atoms with Crippen LogP contribution in [0.3, 0.4) is 0 Å². The van der Waals surface area contributed by atoms with Crippen LogP contribution in [0, 0.1) is 10.1 Å². The predicted molar refractivity (Wildman–Crippen MR) is 57.3 cm³/mol. The van der Waals surface area contributed by atoms with Gasteiger partial charge in [-0.05, 0) is 18.2 Å². The van der Waals surface area contributed by atoms with Gasteiger partial charge in [-0.3, -0.25) is 10.1 Å². The Hall–Kier alpha value is -1.33. The summed E-state index contributed by atoms with van der Waals surface area (Å²) in [5.41, 5.74) is 0.689. The van der Waals surface area contributed by atoms with Gasteiger partial charge in [0.1, 0.15) is 5.75 Å². The predicted octanol–water partition coefficient (Wildman–Crippen LogP) is 1.80. The van der Waals surface area contributed by atoms with Gasteiger partial charge in [0, 0.05) is 21.9 Å². The van der Waals surface area contributed by atoms with Crippen molar-refractivity contribution in [3.05, 3.63) is 38.9 Å². The highest BCUT2D eigenvalue weighted by Crippen LogP contribution is 2.37. The first-order valence-corrected chi connectivity index (χ1v) is 5.20. The normalized spacial score (nSPS) is 23.4. The van der Waals surface area contributed by atoms with Crippen molar-refractivity contribution < 1.29 is 14.8 Å². The summed E-state index contributed by atoms with van der Waals surface area (Å²) in [6.45, 7) is -0.228. The first-order valence-electron chi connectivity index (χ1n) is 4.82. The highest BCUT2D eigenvalue weighted by atomic mass is 35.5. The zero-order valence-electron chi connectivity index (χ0n) is 8.30. The lowest BCUT2D eigenvalue weighted by Gasteiger charge is -2.27. The van der Waals surface area contributed by atoms with Crippen LogP contribution in [0.2, 0.25) is 5.02 Å². The van der Waals surface area contributed by atoms with Crippen molar-refractivity contribution in [2.45, 2.75) is 18.6 Å². The third kappa shape index (κ3) is 2.25. The lowest BCUT2D eigenvalue weighted by molar-refractivity contribution is -0.484. The van der Waals surface area contributed by atoms with Gasteiger partial charge in [-0.25, -0.2) is 0 Å². The number of nitro groups is 1. The fourth-order valence-corrected chi connectivity index (χ4v) is 2.04. The molecule has 2 rings (SSSR count). The van der Waals surface area contributed by atoms with Gasteiger partial charge < -0.3 is 9.84 Å². The van der Waals surface area contributed by atoms with Crippen LogP contribution in [0.4, 0.5) is 0 Å². The lowest BCUT2D eigenvalue weighted by atomic mass is 9.92. The molecule has 1 aliphatic heterocycles. The van der Waals surface area contributed by atoms with E-state index in [1.165, 1.54) is 0 Å². The highest BCUT2D eigenvalue weighted by molar-refractivity contribution is 6.30. The van der Waals surface area contributed by atoms with Crippen molar-refractivity contribution in [3.8, 4) is 5.75 Å². The van der Waals surface area contributed by atoms with Crippen LogP contribution >= 0.6 is 11.6 Å². The van der Waals surface area contributed by atoms with E-state index < -0.39 is 11.2 Å². The van der Waals surface area contributed by atoms with Gasteiger partial charge in [0.2, 0.25) is 6.54 Å². The average Bonchev–Trinajstić information content (AvgIpc) is 2.18. The Morgan fingerprint density at radius 1 is 1.62 bits per heavy atom. The number of hydrogen-bond acceptors (Lipinski definition) is 4. The molecule has 6 heteroatoms. The van der Waals surface area contributed by atoms with Crippen LogP contribution in [0.5, 0.6) is 5.75 Å². The van der Waals surface area contributed by atoms with Crippen molar-refractivity contribution in [1.82, 2.24) is 0 Å². The number of rotatable bonds is 2. The third-order valence-electron chi connectivity index (χ3n) is 2.53. The van der Waals surface area contributed by atoms with E-state index in [4.69, 9.17) is 16.3 Å². The summed E-state index contributed by atoms with van der Waals surface area (Å²) in [6, 6.07) is 4.89. The summed E-state index contributed by atoms with van der Waals surface area (Å²) < 4.78 is 5.17. The first-order chi connectivity index (χ1) is 7.56. The first kappa shape index (κ1) is 11.2. The van der Waals surface area contributed by atoms with Crippen LogP contribution < -0.4 is 4.74 Å². The summed E-state index contributed by atoms with van der Waals surface area (Å²) >= 11 is 5.83. The molecule has 5 nitrogen and oxygen atoms in total. The van der Waals surface area contributed by atoms with Crippen molar-refractivity contribution in [2.24, 2.45) is 0 Å². The summed E-state index contributed by atoms with van der Waals surface area (Å²) in [6.07, 6.45) is -0.771. The molecular weight excluding hydrogens is 234 g/mol. The fourth-order valence-electron chi connectivity index (χ4n) is 1.86. The monoisotopic (exact) mass is 243 g/mol. The van der Waals surface area contributed by atoms with Gasteiger partial charge in [-0.15, -0.1) is 0 Å². The SMILES string of the molecule is O=[N+]([O-])C[C@H]1CC(O)Oc2ccc(Cl)cc21. The molecule has 1 heterocycles. The van der Waals surface area contributed by atoms with E-state index in [1.54, 1.807) is 18.2 Å². The molecule has 0 radical (unpaired) electrons. The Balaban J connectivity index is 2.35. The van der Waals surface area contributed by atoms with Crippen LogP contribution in [0.25, 0.3) is 0 Å². The quantitative estimate of drug-likeness (QED) is 0.635. The molecular formula is C10H10ClNO4. The molecule has 0 aromatic heterocycles. The van der Waals surface area contributed by atoms with E-state index in [0.717, 1.165) is 0 Å². The number of benzene rings is 1. The largest absolute Gasteiger partial charge is 0.465 e. The maximum Gasteiger partial charge on any atom is 0.211 e. The molecule has 0 fully saturated rings. The van der Waals surface area contributed by atoms with Crippen LogP contribution in [0.15, 0.2) is 18.2 Å². The number of fused-ring (bicyclic) bond motifs is 1. The van der Waals surface area contributed by atoms with Gasteiger partial charge in [0.15, 0.2) is 6.29 Å². The van der Waals surface area contributed by atoms with E-state index in [0.29, 0.717) is 16.3 Å². The van der Waals surface area contributed by atoms with Gasteiger partial charge >= 0.3 is 0 Å². The number of hydrogen-bond donors (Lipinski definition) is 1. The molecule has 1 aliphatic rings. The molecule has 0 saturated heterocycles. The number of aliphatic hydroxyl groups is 1. The average molecular weight is 244 g/mol. The molecule has 86 valence electrons.